The van der Waals surface area contributed by atoms with E-state index in [4.69, 9.17) is 21.1 Å². The minimum absolute atomic E-state index is 0.0622. The molecule has 2 aromatic carbocycles. The summed E-state index contributed by atoms with van der Waals surface area (Å²) in [5.74, 6) is 1.54. The van der Waals surface area contributed by atoms with Gasteiger partial charge in [0.2, 0.25) is 5.91 Å². The Bertz CT molecular complexity index is 853. The van der Waals surface area contributed by atoms with E-state index in [9.17, 15) is 4.79 Å². The first-order valence-corrected chi connectivity index (χ1v) is 9.09. The van der Waals surface area contributed by atoms with Crippen molar-refractivity contribution in [3.63, 3.8) is 0 Å². The van der Waals surface area contributed by atoms with Crippen LogP contribution in [0.15, 0.2) is 52.7 Å². The molecular formula is C18H16ClN3O3S. The number of amides is 1. The van der Waals surface area contributed by atoms with Crippen molar-refractivity contribution in [3.05, 3.63) is 58.6 Å². The molecule has 134 valence electrons. The SMILES string of the molecule is COc1cc(C=NN=C2NC(=O)CS2)ccc1OCc1ccc(Cl)cc1. The number of hydrogen-bond acceptors (Lipinski definition) is 6. The number of rotatable bonds is 6. The number of ether oxygens (including phenoxy) is 2. The molecule has 1 saturated heterocycles. The maximum atomic E-state index is 11.1. The lowest BCUT2D eigenvalue weighted by molar-refractivity contribution is -0.116. The number of nitrogens with zero attached hydrogens (tertiary/aromatic N) is 2. The summed E-state index contributed by atoms with van der Waals surface area (Å²) in [7, 11) is 1.58. The zero-order valence-corrected chi connectivity index (χ0v) is 15.5. The third kappa shape index (κ3) is 5.00. The molecule has 0 bridgehead atoms. The van der Waals surface area contributed by atoms with Crippen LogP contribution in [0.5, 0.6) is 11.5 Å². The third-order valence-electron chi connectivity index (χ3n) is 3.44. The predicted octanol–water partition coefficient (Wildman–Crippen LogP) is 3.48. The molecule has 0 atom stereocenters. The van der Waals surface area contributed by atoms with Crippen molar-refractivity contribution in [2.24, 2.45) is 10.2 Å². The van der Waals surface area contributed by atoms with E-state index >= 15 is 0 Å². The molecule has 1 amide bonds. The summed E-state index contributed by atoms with van der Waals surface area (Å²) in [6, 6.07) is 12.9. The van der Waals surface area contributed by atoms with Crippen LogP contribution in [0, 0.1) is 0 Å². The summed E-state index contributed by atoms with van der Waals surface area (Å²) in [6.45, 7) is 0.408. The average molecular weight is 390 g/mol. The summed E-state index contributed by atoms with van der Waals surface area (Å²) < 4.78 is 11.2. The maximum Gasteiger partial charge on any atom is 0.236 e. The Morgan fingerprint density at radius 2 is 2.04 bits per heavy atom. The monoisotopic (exact) mass is 389 g/mol. The van der Waals surface area contributed by atoms with Crippen LogP contribution >= 0.6 is 23.4 Å². The van der Waals surface area contributed by atoms with Crippen molar-refractivity contribution in [2.45, 2.75) is 6.61 Å². The standard InChI is InChI=1S/C18H16ClN3O3S/c1-24-16-8-13(9-20-22-18-21-17(23)11-26-18)4-7-15(16)25-10-12-2-5-14(19)6-3-12/h2-9H,10-11H2,1H3,(H,21,22,23). The molecular weight excluding hydrogens is 374 g/mol. The Kier molecular flexibility index (Phi) is 6.14. The smallest absolute Gasteiger partial charge is 0.236 e. The highest BCUT2D eigenvalue weighted by atomic mass is 35.5. The van der Waals surface area contributed by atoms with E-state index < -0.39 is 0 Å². The Hall–Kier alpha value is -2.51. The molecule has 1 fully saturated rings. The quantitative estimate of drug-likeness (QED) is 0.606. The van der Waals surface area contributed by atoms with Gasteiger partial charge in [-0.2, -0.15) is 5.10 Å². The van der Waals surface area contributed by atoms with Crippen LogP contribution in [-0.4, -0.2) is 30.2 Å². The molecule has 0 unspecified atom stereocenters. The number of thioether (sulfide) groups is 1. The van der Waals surface area contributed by atoms with Gasteiger partial charge in [0.25, 0.3) is 0 Å². The summed E-state index contributed by atoms with van der Waals surface area (Å²) >= 11 is 7.20. The van der Waals surface area contributed by atoms with Crippen LogP contribution < -0.4 is 14.8 Å². The molecule has 2 aromatic rings. The van der Waals surface area contributed by atoms with Gasteiger partial charge in [0.15, 0.2) is 16.7 Å². The van der Waals surface area contributed by atoms with E-state index in [0.29, 0.717) is 34.0 Å². The fourth-order valence-electron chi connectivity index (χ4n) is 2.15. The molecule has 0 radical (unpaired) electrons. The van der Waals surface area contributed by atoms with Crippen LogP contribution in [0.4, 0.5) is 0 Å². The van der Waals surface area contributed by atoms with E-state index in [1.165, 1.54) is 11.8 Å². The largest absolute Gasteiger partial charge is 0.493 e. The second-order valence-electron chi connectivity index (χ2n) is 5.31. The van der Waals surface area contributed by atoms with Gasteiger partial charge in [-0.3, -0.25) is 4.79 Å². The van der Waals surface area contributed by atoms with Crippen LogP contribution in [-0.2, 0) is 11.4 Å². The predicted molar refractivity (Wildman–Crippen MR) is 104 cm³/mol. The Labute approximate surface area is 160 Å². The number of methoxy groups -OCH3 is 1. The van der Waals surface area contributed by atoms with Crippen molar-refractivity contribution in [2.75, 3.05) is 12.9 Å². The first-order valence-electron chi connectivity index (χ1n) is 7.73. The van der Waals surface area contributed by atoms with Crippen LogP contribution in [0.1, 0.15) is 11.1 Å². The number of nitrogens with one attached hydrogen (secondary N) is 1. The fourth-order valence-corrected chi connectivity index (χ4v) is 2.91. The molecule has 1 aliphatic rings. The highest BCUT2D eigenvalue weighted by Gasteiger charge is 2.15. The lowest BCUT2D eigenvalue weighted by Gasteiger charge is -2.11. The Morgan fingerprint density at radius 3 is 2.73 bits per heavy atom. The van der Waals surface area contributed by atoms with Gasteiger partial charge in [0.1, 0.15) is 6.61 Å². The molecule has 8 heteroatoms. The lowest BCUT2D eigenvalue weighted by Crippen LogP contribution is -2.19. The first kappa shape index (κ1) is 18.3. The zero-order chi connectivity index (χ0) is 18.4. The highest BCUT2D eigenvalue weighted by molar-refractivity contribution is 8.15. The summed E-state index contributed by atoms with van der Waals surface area (Å²) in [6.07, 6.45) is 1.59. The number of carbonyl (C=O) groups excluding carboxylic acids is 1. The highest BCUT2D eigenvalue weighted by Crippen LogP contribution is 2.28. The summed E-state index contributed by atoms with van der Waals surface area (Å²) in [5, 5.41) is 11.8. The van der Waals surface area contributed by atoms with Crippen molar-refractivity contribution in [1.82, 2.24) is 5.32 Å². The molecule has 0 saturated carbocycles. The van der Waals surface area contributed by atoms with Crippen molar-refractivity contribution >= 4 is 40.7 Å². The van der Waals surface area contributed by atoms with Crippen LogP contribution in [0.25, 0.3) is 0 Å². The van der Waals surface area contributed by atoms with Gasteiger partial charge >= 0.3 is 0 Å². The van der Waals surface area contributed by atoms with Crippen molar-refractivity contribution < 1.29 is 14.3 Å². The Balaban J connectivity index is 1.65. The zero-order valence-electron chi connectivity index (χ0n) is 13.9. The molecule has 1 N–H and O–H groups in total. The average Bonchev–Trinajstić information content (AvgIpc) is 3.07. The van der Waals surface area contributed by atoms with Gasteiger partial charge in [-0.15, -0.1) is 5.10 Å². The van der Waals surface area contributed by atoms with Crippen molar-refractivity contribution in [3.8, 4) is 11.5 Å². The van der Waals surface area contributed by atoms with E-state index in [1.807, 2.05) is 36.4 Å². The molecule has 26 heavy (non-hydrogen) atoms. The molecule has 0 aromatic heterocycles. The normalized spacial score (nSPS) is 15.5. The van der Waals surface area contributed by atoms with E-state index in [1.54, 1.807) is 19.4 Å². The van der Waals surface area contributed by atoms with Crippen LogP contribution in [0.3, 0.4) is 0 Å². The molecule has 6 nitrogen and oxygen atoms in total. The van der Waals surface area contributed by atoms with Crippen molar-refractivity contribution in [1.29, 1.82) is 0 Å². The van der Waals surface area contributed by atoms with Gasteiger partial charge < -0.3 is 14.8 Å². The number of carbonyl (C=O) groups is 1. The second kappa shape index (κ2) is 8.73. The van der Waals surface area contributed by atoms with Gasteiger partial charge in [-0.1, -0.05) is 35.5 Å². The minimum Gasteiger partial charge on any atom is -0.493 e. The maximum absolute atomic E-state index is 11.1. The Morgan fingerprint density at radius 1 is 1.23 bits per heavy atom. The summed E-state index contributed by atoms with van der Waals surface area (Å²) in [4.78, 5) is 11.1. The first-order chi connectivity index (χ1) is 12.6. The molecule has 0 spiro atoms. The number of hydrogen-bond donors (Lipinski definition) is 1. The van der Waals surface area contributed by atoms with Gasteiger partial charge in [0, 0.05) is 5.02 Å². The topological polar surface area (TPSA) is 72.3 Å². The molecule has 3 rings (SSSR count). The van der Waals surface area contributed by atoms with Gasteiger partial charge in [-0.25, -0.2) is 0 Å². The number of amidine groups is 1. The molecule has 1 heterocycles. The fraction of sp³-hybridized carbons (Fsp3) is 0.167. The lowest BCUT2D eigenvalue weighted by atomic mass is 10.2. The van der Waals surface area contributed by atoms with E-state index in [2.05, 4.69) is 15.5 Å². The number of benzene rings is 2. The molecule has 0 aliphatic carbocycles. The summed E-state index contributed by atoms with van der Waals surface area (Å²) in [5.41, 5.74) is 1.81. The van der Waals surface area contributed by atoms with Gasteiger partial charge in [-0.05, 0) is 41.5 Å². The second-order valence-corrected chi connectivity index (χ2v) is 6.71. The number of halogens is 1. The minimum atomic E-state index is -0.0622. The van der Waals surface area contributed by atoms with E-state index in [-0.39, 0.29) is 5.91 Å². The van der Waals surface area contributed by atoms with E-state index in [0.717, 1.165) is 11.1 Å². The van der Waals surface area contributed by atoms with Crippen LogP contribution in [0.2, 0.25) is 5.02 Å². The van der Waals surface area contributed by atoms with Gasteiger partial charge in [0.05, 0.1) is 19.1 Å². The third-order valence-corrected chi connectivity index (χ3v) is 4.55. The molecule has 1 aliphatic heterocycles.